The summed E-state index contributed by atoms with van der Waals surface area (Å²) in [6.07, 6.45) is 2.55. The summed E-state index contributed by atoms with van der Waals surface area (Å²) in [7, 11) is 2.21. The number of likely N-dealkylation sites (N-methyl/N-ethyl adjacent to an activating group) is 1. The topological polar surface area (TPSA) is 27.7 Å². The molecule has 112 valence electrons. The Bertz CT molecular complexity index is 256. The number of hydrogen-bond acceptors (Lipinski definition) is 4. The molecule has 1 N–H and O–H groups in total. The zero-order valence-electron chi connectivity index (χ0n) is 13.0. The molecule has 0 aromatic rings. The summed E-state index contributed by atoms with van der Waals surface area (Å²) in [6, 6.07) is 0. The van der Waals surface area contributed by atoms with Crippen LogP contribution in [-0.2, 0) is 4.74 Å². The molecule has 2 heterocycles. The minimum Gasteiger partial charge on any atom is -0.381 e. The number of nitrogens with zero attached hydrogens (tertiary/aromatic N) is 2. The summed E-state index contributed by atoms with van der Waals surface area (Å²) in [5, 5.41) is 3.67. The second-order valence-corrected chi connectivity index (χ2v) is 6.82. The molecule has 0 spiro atoms. The van der Waals surface area contributed by atoms with E-state index < -0.39 is 0 Å². The lowest BCUT2D eigenvalue weighted by Crippen LogP contribution is -2.57. The average Bonchev–Trinajstić information content (AvgIpc) is 2.40. The first-order valence-electron chi connectivity index (χ1n) is 7.80. The van der Waals surface area contributed by atoms with Gasteiger partial charge in [-0.05, 0) is 39.7 Å². The van der Waals surface area contributed by atoms with Gasteiger partial charge >= 0.3 is 0 Å². The first kappa shape index (κ1) is 15.2. The molecule has 0 bridgehead atoms. The van der Waals surface area contributed by atoms with Crippen LogP contribution in [0.1, 0.15) is 26.7 Å². The van der Waals surface area contributed by atoms with Gasteiger partial charge in [0.15, 0.2) is 0 Å². The van der Waals surface area contributed by atoms with E-state index in [4.69, 9.17) is 4.74 Å². The van der Waals surface area contributed by atoms with Crippen LogP contribution in [-0.4, -0.2) is 74.9 Å². The summed E-state index contributed by atoms with van der Waals surface area (Å²) in [5.74, 6) is 0.719. The second kappa shape index (κ2) is 7.02. The molecule has 4 nitrogen and oxygen atoms in total. The molecule has 1 unspecified atom stereocenters. The predicted molar refractivity (Wildman–Crippen MR) is 79.6 cm³/mol. The monoisotopic (exact) mass is 269 g/mol. The van der Waals surface area contributed by atoms with Crippen LogP contribution >= 0.6 is 0 Å². The lowest BCUT2D eigenvalue weighted by atomic mass is 9.99. The van der Waals surface area contributed by atoms with Crippen molar-refractivity contribution in [2.24, 2.45) is 5.92 Å². The fourth-order valence-electron chi connectivity index (χ4n) is 3.07. The van der Waals surface area contributed by atoms with Gasteiger partial charge in [-0.15, -0.1) is 0 Å². The molecule has 19 heavy (non-hydrogen) atoms. The standard InChI is InChI=1S/C15H31N3O/c1-15(2,18-8-6-17(3)7-9-18)13-16-11-14-5-4-10-19-12-14/h14,16H,4-13H2,1-3H3. The van der Waals surface area contributed by atoms with Gasteiger partial charge in [-0.1, -0.05) is 0 Å². The molecule has 0 aliphatic carbocycles. The minimum absolute atomic E-state index is 0.261. The quantitative estimate of drug-likeness (QED) is 0.807. The Hall–Kier alpha value is -0.160. The molecule has 0 aromatic carbocycles. The lowest BCUT2D eigenvalue weighted by molar-refractivity contribution is 0.0454. The number of nitrogens with one attached hydrogen (secondary N) is 1. The highest BCUT2D eigenvalue weighted by molar-refractivity contribution is 4.87. The third kappa shape index (κ3) is 4.71. The van der Waals surface area contributed by atoms with Crippen LogP contribution in [0.3, 0.4) is 0 Å². The number of piperazine rings is 1. The van der Waals surface area contributed by atoms with Crippen LogP contribution in [0.4, 0.5) is 0 Å². The van der Waals surface area contributed by atoms with Crippen LogP contribution in [0.5, 0.6) is 0 Å². The SMILES string of the molecule is CN1CCN(C(C)(C)CNCC2CCCOC2)CC1. The van der Waals surface area contributed by atoms with Gasteiger partial charge in [-0.25, -0.2) is 0 Å². The maximum Gasteiger partial charge on any atom is 0.0506 e. The fourth-order valence-corrected chi connectivity index (χ4v) is 3.07. The molecule has 2 rings (SSSR count). The molecule has 2 saturated heterocycles. The van der Waals surface area contributed by atoms with Gasteiger partial charge in [0.2, 0.25) is 0 Å². The van der Waals surface area contributed by atoms with Gasteiger partial charge in [0.25, 0.3) is 0 Å². The summed E-state index contributed by atoms with van der Waals surface area (Å²) in [5.41, 5.74) is 0.261. The molecule has 0 amide bonds. The van der Waals surface area contributed by atoms with E-state index in [0.717, 1.165) is 32.2 Å². The Kier molecular flexibility index (Phi) is 5.63. The maximum absolute atomic E-state index is 5.54. The first-order valence-corrected chi connectivity index (χ1v) is 7.80. The predicted octanol–water partition coefficient (Wildman–Crippen LogP) is 1.03. The van der Waals surface area contributed by atoms with Crippen LogP contribution in [0.2, 0.25) is 0 Å². The number of ether oxygens (including phenoxy) is 1. The Balaban J connectivity index is 1.68. The average molecular weight is 269 g/mol. The Morgan fingerprint density at radius 1 is 1.21 bits per heavy atom. The van der Waals surface area contributed by atoms with Gasteiger partial charge in [0.05, 0.1) is 6.61 Å². The van der Waals surface area contributed by atoms with Crippen LogP contribution in [0.15, 0.2) is 0 Å². The van der Waals surface area contributed by atoms with E-state index in [9.17, 15) is 0 Å². The summed E-state index contributed by atoms with van der Waals surface area (Å²) >= 11 is 0. The van der Waals surface area contributed by atoms with E-state index in [1.165, 1.54) is 39.0 Å². The molecule has 2 aliphatic rings. The van der Waals surface area contributed by atoms with E-state index >= 15 is 0 Å². The number of hydrogen-bond donors (Lipinski definition) is 1. The van der Waals surface area contributed by atoms with Crippen LogP contribution in [0, 0.1) is 5.92 Å². The Morgan fingerprint density at radius 3 is 2.58 bits per heavy atom. The second-order valence-electron chi connectivity index (χ2n) is 6.82. The fraction of sp³-hybridized carbons (Fsp3) is 1.00. The lowest BCUT2D eigenvalue weighted by Gasteiger charge is -2.43. The van der Waals surface area contributed by atoms with E-state index in [1.807, 2.05) is 0 Å². The van der Waals surface area contributed by atoms with Crippen molar-refractivity contribution in [2.45, 2.75) is 32.2 Å². The molecule has 2 fully saturated rings. The first-order chi connectivity index (χ1) is 9.08. The normalized spacial score (nSPS) is 27.6. The molecule has 0 radical (unpaired) electrons. The third-order valence-electron chi connectivity index (χ3n) is 4.60. The third-order valence-corrected chi connectivity index (χ3v) is 4.60. The van der Waals surface area contributed by atoms with E-state index in [-0.39, 0.29) is 5.54 Å². The van der Waals surface area contributed by atoms with Crippen molar-refractivity contribution in [2.75, 3.05) is 59.5 Å². The zero-order chi connectivity index (χ0) is 13.7. The van der Waals surface area contributed by atoms with Gasteiger partial charge in [0, 0.05) is 51.4 Å². The molecule has 1 atom stereocenters. The van der Waals surface area contributed by atoms with Crippen molar-refractivity contribution >= 4 is 0 Å². The largest absolute Gasteiger partial charge is 0.381 e. The Labute approximate surface area is 118 Å². The highest BCUT2D eigenvalue weighted by Gasteiger charge is 2.28. The molecular formula is C15H31N3O. The zero-order valence-corrected chi connectivity index (χ0v) is 13.0. The molecule has 2 aliphatic heterocycles. The minimum atomic E-state index is 0.261. The highest BCUT2D eigenvalue weighted by atomic mass is 16.5. The van der Waals surface area contributed by atoms with E-state index in [0.29, 0.717) is 0 Å². The van der Waals surface area contributed by atoms with Gasteiger partial charge in [-0.2, -0.15) is 0 Å². The van der Waals surface area contributed by atoms with Crippen LogP contribution in [0.25, 0.3) is 0 Å². The Morgan fingerprint density at radius 2 is 1.95 bits per heavy atom. The van der Waals surface area contributed by atoms with E-state index in [1.54, 1.807) is 0 Å². The van der Waals surface area contributed by atoms with Crippen LogP contribution < -0.4 is 5.32 Å². The maximum atomic E-state index is 5.54. The summed E-state index contributed by atoms with van der Waals surface area (Å²) < 4.78 is 5.54. The van der Waals surface area contributed by atoms with Crippen molar-refractivity contribution in [1.29, 1.82) is 0 Å². The van der Waals surface area contributed by atoms with Gasteiger partial charge in [-0.3, -0.25) is 4.90 Å². The van der Waals surface area contributed by atoms with Crippen molar-refractivity contribution in [1.82, 2.24) is 15.1 Å². The molecule has 0 saturated carbocycles. The number of rotatable bonds is 5. The smallest absolute Gasteiger partial charge is 0.0506 e. The van der Waals surface area contributed by atoms with Crippen molar-refractivity contribution in [3.8, 4) is 0 Å². The molecular weight excluding hydrogens is 238 g/mol. The van der Waals surface area contributed by atoms with Crippen molar-refractivity contribution in [3.05, 3.63) is 0 Å². The summed E-state index contributed by atoms with van der Waals surface area (Å²) in [4.78, 5) is 5.04. The van der Waals surface area contributed by atoms with Gasteiger partial charge < -0.3 is 15.0 Å². The highest BCUT2D eigenvalue weighted by Crippen LogP contribution is 2.17. The van der Waals surface area contributed by atoms with Crippen molar-refractivity contribution < 1.29 is 4.74 Å². The van der Waals surface area contributed by atoms with Crippen molar-refractivity contribution in [3.63, 3.8) is 0 Å². The molecule has 0 aromatic heterocycles. The summed E-state index contributed by atoms with van der Waals surface area (Å²) in [6.45, 7) is 13.6. The van der Waals surface area contributed by atoms with E-state index in [2.05, 4.69) is 36.0 Å². The van der Waals surface area contributed by atoms with Gasteiger partial charge in [0.1, 0.15) is 0 Å². The molecule has 4 heteroatoms.